The summed E-state index contributed by atoms with van der Waals surface area (Å²) in [5, 5.41) is 7.27. The molecule has 0 spiro atoms. The van der Waals surface area contributed by atoms with Crippen molar-refractivity contribution < 1.29 is 4.74 Å². The molecule has 102 valence electrons. The van der Waals surface area contributed by atoms with Gasteiger partial charge in [0.15, 0.2) is 0 Å². The van der Waals surface area contributed by atoms with E-state index in [0.717, 1.165) is 24.3 Å². The fraction of sp³-hybridized carbons (Fsp3) is 0.235. The summed E-state index contributed by atoms with van der Waals surface area (Å²) in [6.45, 7) is 0.725. The second-order valence-corrected chi connectivity index (χ2v) is 5.26. The van der Waals surface area contributed by atoms with Gasteiger partial charge in [-0.2, -0.15) is 0 Å². The van der Waals surface area contributed by atoms with E-state index < -0.39 is 0 Å². The van der Waals surface area contributed by atoms with Crippen LogP contribution in [0.2, 0.25) is 0 Å². The lowest BCUT2D eigenvalue weighted by molar-refractivity contribution is 0.275. The number of amidine groups is 1. The molecule has 0 aromatic heterocycles. The van der Waals surface area contributed by atoms with E-state index in [1.807, 2.05) is 24.3 Å². The highest BCUT2D eigenvalue weighted by atomic mass is 16.5. The molecule has 3 rings (SSSR count). The Kier molecular flexibility index (Phi) is 3.42. The molecule has 1 unspecified atom stereocenters. The number of nitrogens with two attached hydrogens (primary N) is 1. The number of ether oxygens (including phenoxy) is 1. The van der Waals surface area contributed by atoms with Gasteiger partial charge in [0, 0.05) is 12.3 Å². The van der Waals surface area contributed by atoms with E-state index in [-0.39, 0.29) is 5.84 Å². The average molecular weight is 266 g/mol. The van der Waals surface area contributed by atoms with Crippen LogP contribution in [0.15, 0.2) is 48.5 Å². The van der Waals surface area contributed by atoms with E-state index in [1.54, 1.807) is 0 Å². The second-order valence-electron chi connectivity index (χ2n) is 5.26. The quantitative estimate of drug-likeness (QED) is 0.645. The van der Waals surface area contributed by atoms with Crippen LogP contribution in [0.1, 0.15) is 22.6 Å². The topological polar surface area (TPSA) is 59.1 Å². The molecule has 3 N–H and O–H groups in total. The van der Waals surface area contributed by atoms with Crippen LogP contribution >= 0.6 is 0 Å². The minimum absolute atomic E-state index is 0.185. The molecule has 0 aliphatic heterocycles. The summed E-state index contributed by atoms with van der Waals surface area (Å²) in [7, 11) is 0. The summed E-state index contributed by atoms with van der Waals surface area (Å²) < 4.78 is 5.84. The van der Waals surface area contributed by atoms with Crippen LogP contribution in [0.4, 0.5) is 0 Å². The van der Waals surface area contributed by atoms with E-state index in [4.69, 9.17) is 15.9 Å². The third-order valence-electron chi connectivity index (χ3n) is 3.73. The van der Waals surface area contributed by atoms with Crippen LogP contribution in [0, 0.1) is 5.41 Å². The summed E-state index contributed by atoms with van der Waals surface area (Å²) in [5.74, 6) is 1.58. The molecule has 3 nitrogen and oxygen atoms in total. The number of fused-ring (bicyclic) bond motifs is 1. The van der Waals surface area contributed by atoms with E-state index in [0.29, 0.717) is 12.3 Å². The minimum Gasteiger partial charge on any atom is -0.493 e. The first-order chi connectivity index (χ1) is 9.72. The van der Waals surface area contributed by atoms with Crippen molar-refractivity contribution in [1.29, 1.82) is 5.41 Å². The van der Waals surface area contributed by atoms with Crippen molar-refractivity contribution in [2.24, 2.45) is 5.73 Å². The molecule has 0 fully saturated rings. The van der Waals surface area contributed by atoms with Gasteiger partial charge in [-0.1, -0.05) is 36.4 Å². The molecule has 0 saturated heterocycles. The summed E-state index contributed by atoms with van der Waals surface area (Å²) in [6.07, 6.45) is 1.61. The van der Waals surface area contributed by atoms with Gasteiger partial charge in [-0.25, -0.2) is 0 Å². The van der Waals surface area contributed by atoms with Gasteiger partial charge in [0.25, 0.3) is 0 Å². The maximum atomic E-state index is 7.27. The van der Waals surface area contributed by atoms with E-state index in [2.05, 4.69) is 24.3 Å². The van der Waals surface area contributed by atoms with Crippen molar-refractivity contribution in [3.63, 3.8) is 0 Å². The molecular formula is C17H18N2O. The normalized spacial score (nSPS) is 16.1. The van der Waals surface area contributed by atoms with Gasteiger partial charge in [0.1, 0.15) is 5.75 Å². The van der Waals surface area contributed by atoms with Crippen LogP contribution in [0.5, 0.6) is 5.75 Å². The summed E-state index contributed by atoms with van der Waals surface area (Å²) in [5.41, 5.74) is 9.28. The Balaban J connectivity index is 1.56. The molecule has 1 aliphatic rings. The molecule has 1 atom stereocenters. The van der Waals surface area contributed by atoms with E-state index in [1.165, 1.54) is 11.1 Å². The zero-order valence-electron chi connectivity index (χ0n) is 11.3. The molecule has 20 heavy (non-hydrogen) atoms. The standard InChI is InChI=1S/C17H18N2O/c18-17(19)9-12-5-7-15(8-6-12)20-11-14-10-13-3-1-2-4-16(13)14/h1-8,14H,9-11H2,(H3,18,19). The predicted octanol–water partition coefficient (Wildman–Crippen LogP) is 2.88. The predicted molar refractivity (Wildman–Crippen MR) is 80.4 cm³/mol. The lowest BCUT2D eigenvalue weighted by Gasteiger charge is -2.29. The van der Waals surface area contributed by atoms with E-state index >= 15 is 0 Å². The highest BCUT2D eigenvalue weighted by Gasteiger charge is 2.25. The molecular weight excluding hydrogens is 248 g/mol. The highest BCUT2D eigenvalue weighted by Crippen LogP contribution is 2.35. The number of hydrogen-bond acceptors (Lipinski definition) is 2. The van der Waals surface area contributed by atoms with Crippen molar-refractivity contribution >= 4 is 5.84 Å². The SMILES string of the molecule is N=C(N)Cc1ccc(OCC2Cc3ccccc32)cc1. The monoisotopic (exact) mass is 266 g/mol. The van der Waals surface area contributed by atoms with Gasteiger partial charge in [0.05, 0.1) is 12.4 Å². The van der Waals surface area contributed by atoms with Gasteiger partial charge >= 0.3 is 0 Å². The Morgan fingerprint density at radius 3 is 2.60 bits per heavy atom. The summed E-state index contributed by atoms with van der Waals surface area (Å²) in [6, 6.07) is 16.4. The van der Waals surface area contributed by atoms with Crippen molar-refractivity contribution in [1.82, 2.24) is 0 Å². The second kappa shape index (κ2) is 5.37. The maximum absolute atomic E-state index is 7.27. The fourth-order valence-corrected chi connectivity index (χ4v) is 2.63. The molecule has 1 aliphatic carbocycles. The van der Waals surface area contributed by atoms with Crippen molar-refractivity contribution in [2.45, 2.75) is 18.8 Å². The van der Waals surface area contributed by atoms with Gasteiger partial charge in [-0.3, -0.25) is 5.41 Å². The van der Waals surface area contributed by atoms with Crippen LogP contribution < -0.4 is 10.5 Å². The fourth-order valence-electron chi connectivity index (χ4n) is 2.63. The molecule has 0 radical (unpaired) electrons. The van der Waals surface area contributed by atoms with Crippen molar-refractivity contribution in [3.8, 4) is 5.75 Å². The van der Waals surface area contributed by atoms with Crippen molar-refractivity contribution in [2.75, 3.05) is 6.61 Å². The lowest BCUT2D eigenvalue weighted by Crippen LogP contribution is -2.23. The van der Waals surface area contributed by atoms with Gasteiger partial charge < -0.3 is 10.5 Å². The van der Waals surface area contributed by atoms with Gasteiger partial charge in [-0.15, -0.1) is 0 Å². The molecule has 0 amide bonds. The Morgan fingerprint density at radius 1 is 1.15 bits per heavy atom. The van der Waals surface area contributed by atoms with Gasteiger partial charge in [-0.05, 0) is 35.2 Å². The zero-order chi connectivity index (χ0) is 13.9. The Hall–Kier alpha value is -2.29. The Bertz CT molecular complexity index is 619. The van der Waals surface area contributed by atoms with Crippen LogP contribution in [0.3, 0.4) is 0 Å². The largest absolute Gasteiger partial charge is 0.493 e. The molecule has 2 aromatic carbocycles. The molecule has 0 bridgehead atoms. The average Bonchev–Trinajstić information content (AvgIpc) is 2.41. The third-order valence-corrected chi connectivity index (χ3v) is 3.73. The molecule has 0 heterocycles. The van der Waals surface area contributed by atoms with E-state index in [9.17, 15) is 0 Å². The highest BCUT2D eigenvalue weighted by molar-refractivity contribution is 5.79. The maximum Gasteiger partial charge on any atom is 0.119 e. The summed E-state index contributed by atoms with van der Waals surface area (Å²) in [4.78, 5) is 0. The number of hydrogen-bond donors (Lipinski definition) is 2. The number of rotatable bonds is 5. The van der Waals surface area contributed by atoms with Gasteiger partial charge in [0.2, 0.25) is 0 Å². The first-order valence-electron chi connectivity index (χ1n) is 6.85. The molecule has 0 saturated carbocycles. The third kappa shape index (κ3) is 2.67. The van der Waals surface area contributed by atoms with Crippen LogP contribution in [-0.2, 0) is 12.8 Å². The zero-order valence-corrected chi connectivity index (χ0v) is 11.3. The van der Waals surface area contributed by atoms with Crippen LogP contribution in [-0.4, -0.2) is 12.4 Å². The minimum atomic E-state index is 0.185. The first-order valence-corrected chi connectivity index (χ1v) is 6.85. The van der Waals surface area contributed by atoms with Crippen LogP contribution in [0.25, 0.3) is 0 Å². The molecule has 3 heteroatoms. The smallest absolute Gasteiger partial charge is 0.119 e. The molecule has 2 aromatic rings. The van der Waals surface area contributed by atoms with Crippen molar-refractivity contribution in [3.05, 3.63) is 65.2 Å². The Morgan fingerprint density at radius 2 is 1.90 bits per heavy atom. The lowest BCUT2D eigenvalue weighted by atomic mass is 9.78. The first kappa shape index (κ1) is 12.7. The number of nitrogens with one attached hydrogen (secondary N) is 1. The summed E-state index contributed by atoms with van der Waals surface area (Å²) >= 11 is 0. The number of benzene rings is 2. The Labute approximate surface area is 118 Å².